The molecule has 4 heteroatoms. The summed E-state index contributed by atoms with van der Waals surface area (Å²) in [5.41, 5.74) is 0. The Bertz CT molecular complexity index is 357. The smallest absolute Gasteiger partial charge is 0.226 e. The minimum Gasteiger partial charge on any atom is -0.396 e. The Hall–Kier alpha value is -0.900. The Morgan fingerprint density at radius 1 is 1.18 bits per heavy atom. The van der Waals surface area contributed by atoms with Crippen LogP contribution in [0.4, 0.5) is 0 Å². The molecule has 2 aliphatic carbocycles. The van der Waals surface area contributed by atoms with E-state index in [2.05, 4.69) is 10.1 Å². The standard InChI is InChI=1S/C13H20N2O2/c16-8-2-1-3-11-14-13(15-17-11)12(9-4-5-9)10-6-7-10/h9-10,12,16H,1-8H2. The van der Waals surface area contributed by atoms with Crippen molar-refractivity contribution in [2.45, 2.75) is 50.9 Å². The fourth-order valence-electron chi connectivity index (χ4n) is 2.61. The maximum atomic E-state index is 8.73. The molecule has 4 nitrogen and oxygen atoms in total. The number of rotatable bonds is 7. The number of aromatic nitrogens is 2. The normalized spacial score (nSPS) is 20.1. The lowest BCUT2D eigenvalue weighted by Crippen LogP contribution is -2.06. The van der Waals surface area contributed by atoms with Gasteiger partial charge in [-0.25, -0.2) is 0 Å². The van der Waals surface area contributed by atoms with E-state index in [-0.39, 0.29) is 6.61 Å². The molecule has 94 valence electrons. The number of aryl methyl sites for hydroxylation is 1. The van der Waals surface area contributed by atoms with Crippen LogP contribution in [0.2, 0.25) is 0 Å². The Labute approximate surface area is 101 Å². The van der Waals surface area contributed by atoms with E-state index in [1.807, 2.05) is 0 Å². The van der Waals surface area contributed by atoms with Crippen LogP contribution in [-0.4, -0.2) is 21.9 Å². The molecule has 1 heterocycles. The van der Waals surface area contributed by atoms with Crippen LogP contribution in [-0.2, 0) is 6.42 Å². The van der Waals surface area contributed by atoms with Crippen LogP contribution in [0.15, 0.2) is 4.52 Å². The summed E-state index contributed by atoms with van der Waals surface area (Å²) in [5.74, 6) is 3.93. The number of nitrogens with zero attached hydrogens (tertiary/aromatic N) is 2. The third kappa shape index (κ3) is 2.68. The lowest BCUT2D eigenvalue weighted by atomic mass is 9.97. The van der Waals surface area contributed by atoms with E-state index in [1.165, 1.54) is 25.7 Å². The van der Waals surface area contributed by atoms with Crippen molar-refractivity contribution in [2.24, 2.45) is 11.8 Å². The molecule has 0 atom stereocenters. The van der Waals surface area contributed by atoms with Gasteiger partial charge in [-0.05, 0) is 50.4 Å². The summed E-state index contributed by atoms with van der Waals surface area (Å²) in [5, 5.41) is 12.9. The first-order chi connectivity index (χ1) is 8.38. The van der Waals surface area contributed by atoms with Crippen molar-refractivity contribution >= 4 is 0 Å². The zero-order valence-corrected chi connectivity index (χ0v) is 10.1. The van der Waals surface area contributed by atoms with E-state index < -0.39 is 0 Å². The molecule has 2 aliphatic rings. The molecule has 0 spiro atoms. The molecule has 0 bridgehead atoms. The van der Waals surface area contributed by atoms with Gasteiger partial charge in [-0.3, -0.25) is 0 Å². The van der Waals surface area contributed by atoms with E-state index in [0.717, 1.165) is 42.8 Å². The Balaban J connectivity index is 1.62. The van der Waals surface area contributed by atoms with Gasteiger partial charge in [0.05, 0.1) is 0 Å². The predicted octanol–water partition coefficient (Wildman–Crippen LogP) is 2.29. The van der Waals surface area contributed by atoms with Gasteiger partial charge in [-0.2, -0.15) is 4.98 Å². The van der Waals surface area contributed by atoms with Crippen LogP contribution in [0.5, 0.6) is 0 Å². The van der Waals surface area contributed by atoms with Gasteiger partial charge in [0.2, 0.25) is 5.89 Å². The molecular formula is C13H20N2O2. The lowest BCUT2D eigenvalue weighted by molar-refractivity contribution is 0.280. The van der Waals surface area contributed by atoms with Gasteiger partial charge in [-0.1, -0.05) is 5.16 Å². The van der Waals surface area contributed by atoms with E-state index in [4.69, 9.17) is 9.63 Å². The van der Waals surface area contributed by atoms with Gasteiger partial charge in [0.1, 0.15) is 0 Å². The van der Waals surface area contributed by atoms with Crippen molar-refractivity contribution in [1.29, 1.82) is 0 Å². The topological polar surface area (TPSA) is 59.2 Å². The van der Waals surface area contributed by atoms with Crippen molar-refractivity contribution in [3.8, 4) is 0 Å². The zero-order valence-electron chi connectivity index (χ0n) is 10.1. The molecule has 1 N–H and O–H groups in total. The van der Waals surface area contributed by atoms with Gasteiger partial charge in [0, 0.05) is 18.9 Å². The first-order valence-electron chi connectivity index (χ1n) is 6.82. The molecule has 1 aromatic rings. The Morgan fingerprint density at radius 2 is 1.88 bits per heavy atom. The van der Waals surface area contributed by atoms with Crippen LogP contribution < -0.4 is 0 Å². The summed E-state index contributed by atoms with van der Waals surface area (Å²) in [6.07, 6.45) is 7.91. The highest BCUT2D eigenvalue weighted by atomic mass is 16.5. The number of hydrogen-bond acceptors (Lipinski definition) is 4. The third-order valence-corrected chi connectivity index (χ3v) is 3.84. The number of unbranched alkanes of at least 4 members (excludes halogenated alkanes) is 1. The Kier molecular flexibility index (Phi) is 3.14. The average molecular weight is 236 g/mol. The molecule has 0 aromatic carbocycles. The number of aliphatic hydroxyl groups excluding tert-OH is 1. The quantitative estimate of drug-likeness (QED) is 0.738. The molecular weight excluding hydrogens is 216 g/mol. The van der Waals surface area contributed by atoms with Crippen molar-refractivity contribution in [3.63, 3.8) is 0 Å². The van der Waals surface area contributed by atoms with Crippen LogP contribution >= 0.6 is 0 Å². The number of hydrogen-bond donors (Lipinski definition) is 1. The minimum atomic E-state index is 0.244. The minimum absolute atomic E-state index is 0.244. The van der Waals surface area contributed by atoms with Gasteiger partial charge in [-0.15, -0.1) is 0 Å². The van der Waals surface area contributed by atoms with Gasteiger partial charge >= 0.3 is 0 Å². The molecule has 2 fully saturated rings. The summed E-state index contributed by atoms with van der Waals surface area (Å²) in [4.78, 5) is 4.55. The summed E-state index contributed by atoms with van der Waals surface area (Å²) >= 11 is 0. The molecule has 0 amide bonds. The van der Waals surface area contributed by atoms with Crippen LogP contribution in [0.3, 0.4) is 0 Å². The molecule has 17 heavy (non-hydrogen) atoms. The average Bonchev–Trinajstić information content (AvgIpc) is 3.22. The van der Waals surface area contributed by atoms with Crippen LogP contribution in [0, 0.1) is 11.8 Å². The fraction of sp³-hybridized carbons (Fsp3) is 0.846. The first-order valence-corrected chi connectivity index (χ1v) is 6.82. The summed E-state index contributed by atoms with van der Waals surface area (Å²) in [6, 6.07) is 0. The van der Waals surface area contributed by atoms with Crippen molar-refractivity contribution in [1.82, 2.24) is 10.1 Å². The third-order valence-electron chi connectivity index (χ3n) is 3.84. The highest BCUT2D eigenvalue weighted by Crippen LogP contribution is 2.53. The van der Waals surface area contributed by atoms with E-state index in [9.17, 15) is 0 Å². The molecule has 0 aliphatic heterocycles. The van der Waals surface area contributed by atoms with Crippen LogP contribution in [0.1, 0.15) is 56.2 Å². The van der Waals surface area contributed by atoms with Gasteiger partial charge in [0.25, 0.3) is 0 Å². The predicted molar refractivity (Wildman–Crippen MR) is 62.5 cm³/mol. The van der Waals surface area contributed by atoms with Gasteiger partial charge in [0.15, 0.2) is 5.82 Å². The second-order valence-electron chi connectivity index (χ2n) is 5.43. The molecule has 2 saturated carbocycles. The van der Waals surface area contributed by atoms with Crippen molar-refractivity contribution in [3.05, 3.63) is 11.7 Å². The molecule has 0 unspecified atom stereocenters. The monoisotopic (exact) mass is 236 g/mol. The van der Waals surface area contributed by atoms with Gasteiger partial charge < -0.3 is 9.63 Å². The molecule has 1 aromatic heterocycles. The molecule has 3 rings (SSSR count). The molecule has 0 saturated heterocycles. The molecule has 0 radical (unpaired) electrons. The highest BCUT2D eigenvalue weighted by Gasteiger charge is 2.44. The van der Waals surface area contributed by atoms with E-state index >= 15 is 0 Å². The van der Waals surface area contributed by atoms with Crippen molar-refractivity contribution in [2.75, 3.05) is 6.61 Å². The summed E-state index contributed by atoms with van der Waals surface area (Å²) < 4.78 is 5.31. The first kappa shape index (κ1) is 11.2. The maximum Gasteiger partial charge on any atom is 0.226 e. The zero-order chi connectivity index (χ0) is 11.7. The van der Waals surface area contributed by atoms with Crippen molar-refractivity contribution < 1.29 is 9.63 Å². The highest BCUT2D eigenvalue weighted by molar-refractivity contribution is 5.08. The fourth-order valence-corrected chi connectivity index (χ4v) is 2.61. The largest absolute Gasteiger partial charge is 0.396 e. The lowest BCUT2D eigenvalue weighted by Gasteiger charge is -2.08. The summed E-state index contributed by atoms with van der Waals surface area (Å²) in [6.45, 7) is 0.244. The van der Waals surface area contributed by atoms with E-state index in [0.29, 0.717) is 5.92 Å². The number of aliphatic hydroxyl groups is 1. The van der Waals surface area contributed by atoms with E-state index in [1.54, 1.807) is 0 Å². The SMILES string of the molecule is OCCCCc1nc(C(C2CC2)C2CC2)no1. The summed E-state index contributed by atoms with van der Waals surface area (Å²) in [7, 11) is 0. The Morgan fingerprint density at radius 3 is 2.47 bits per heavy atom. The maximum absolute atomic E-state index is 8.73. The second kappa shape index (κ2) is 4.77. The second-order valence-corrected chi connectivity index (χ2v) is 5.43. The van der Waals surface area contributed by atoms with Crippen LogP contribution in [0.25, 0.3) is 0 Å².